The molecule has 0 aliphatic heterocycles. The summed E-state index contributed by atoms with van der Waals surface area (Å²) in [6, 6.07) is 5.08. The van der Waals surface area contributed by atoms with Gasteiger partial charge in [-0.1, -0.05) is 12.6 Å². The lowest BCUT2D eigenvalue weighted by Gasteiger charge is -1.94. The van der Waals surface area contributed by atoms with E-state index in [0.717, 1.165) is 11.3 Å². The molecule has 16 heavy (non-hydrogen) atoms. The van der Waals surface area contributed by atoms with Crippen molar-refractivity contribution in [1.82, 2.24) is 4.98 Å². The van der Waals surface area contributed by atoms with Crippen LogP contribution in [0.25, 0.3) is 23.8 Å². The molecule has 0 aliphatic rings. The van der Waals surface area contributed by atoms with Gasteiger partial charge in [-0.15, -0.1) is 0 Å². The third-order valence-corrected chi connectivity index (χ3v) is 2.02. The summed E-state index contributed by atoms with van der Waals surface area (Å²) in [5, 5.41) is 0.762. The summed E-state index contributed by atoms with van der Waals surface area (Å²) in [7, 11) is 0. The Kier molecular flexibility index (Phi) is 2.40. The van der Waals surface area contributed by atoms with Crippen LogP contribution in [-0.4, -0.2) is 10.8 Å². The van der Waals surface area contributed by atoms with Crippen LogP contribution in [0.5, 0.6) is 0 Å². The molecule has 0 amide bonds. The summed E-state index contributed by atoms with van der Waals surface area (Å²) in [5.41, 5.74) is 0.283. The standard InChI is InChI=1S/C12H9NO3/c1-7-3-4-9-11(5-7)16-12(15)10(13-9)6-8(2)14/h3-6H,1H2,2H3/b10-6+. The second-order valence-electron chi connectivity index (χ2n) is 3.44. The zero-order valence-electron chi connectivity index (χ0n) is 8.69. The molecule has 0 spiro atoms. The lowest BCUT2D eigenvalue weighted by atomic mass is 10.3. The van der Waals surface area contributed by atoms with E-state index in [2.05, 4.69) is 11.6 Å². The molecule has 2 aromatic rings. The van der Waals surface area contributed by atoms with Crippen molar-refractivity contribution in [3.8, 4) is 0 Å². The van der Waals surface area contributed by atoms with E-state index < -0.39 is 5.63 Å². The lowest BCUT2D eigenvalue weighted by molar-refractivity contribution is -0.111. The third-order valence-electron chi connectivity index (χ3n) is 2.02. The number of hydrogen-bond acceptors (Lipinski definition) is 4. The molecule has 0 saturated carbocycles. The Balaban J connectivity index is 2.88. The van der Waals surface area contributed by atoms with Crippen LogP contribution in [-0.2, 0) is 4.79 Å². The molecular formula is C12H9NO3. The van der Waals surface area contributed by atoms with E-state index in [1.165, 1.54) is 6.92 Å². The number of carbonyl (C=O) groups is 1. The Bertz CT molecular complexity index is 728. The average Bonchev–Trinajstić information content (AvgIpc) is 2.19. The van der Waals surface area contributed by atoms with Crippen molar-refractivity contribution in [3.63, 3.8) is 0 Å². The average molecular weight is 215 g/mol. The summed E-state index contributed by atoms with van der Waals surface area (Å²) in [5.74, 6) is -0.243. The highest BCUT2D eigenvalue weighted by Crippen LogP contribution is 2.01. The number of ketones is 1. The highest BCUT2D eigenvalue weighted by Gasteiger charge is 2.00. The van der Waals surface area contributed by atoms with Gasteiger partial charge < -0.3 is 4.42 Å². The number of nitrogens with zero attached hydrogens (tertiary/aromatic N) is 1. The third kappa shape index (κ3) is 1.91. The van der Waals surface area contributed by atoms with Gasteiger partial charge in [0.1, 0.15) is 5.52 Å². The van der Waals surface area contributed by atoms with Crippen LogP contribution >= 0.6 is 0 Å². The maximum absolute atomic E-state index is 11.4. The van der Waals surface area contributed by atoms with Crippen molar-refractivity contribution in [2.45, 2.75) is 6.92 Å². The number of carbonyl (C=O) groups excluding carboxylic acids is 1. The second kappa shape index (κ2) is 3.73. The zero-order valence-corrected chi connectivity index (χ0v) is 8.69. The molecule has 0 bridgehead atoms. The molecule has 1 aromatic carbocycles. The highest BCUT2D eigenvalue weighted by molar-refractivity contribution is 6.03. The van der Waals surface area contributed by atoms with Gasteiger partial charge in [0, 0.05) is 6.08 Å². The van der Waals surface area contributed by atoms with Gasteiger partial charge in [0.25, 0.3) is 0 Å². The van der Waals surface area contributed by atoms with Crippen molar-refractivity contribution >= 4 is 29.5 Å². The van der Waals surface area contributed by atoms with E-state index in [0.29, 0.717) is 11.1 Å². The number of hydrogen-bond donors (Lipinski definition) is 0. The van der Waals surface area contributed by atoms with Crippen LogP contribution in [0.4, 0.5) is 0 Å². The molecule has 0 aliphatic carbocycles. The molecule has 1 aromatic heterocycles. The van der Waals surface area contributed by atoms with Crippen molar-refractivity contribution in [1.29, 1.82) is 0 Å². The topological polar surface area (TPSA) is 60.2 Å². The fourth-order valence-electron chi connectivity index (χ4n) is 1.34. The lowest BCUT2D eigenvalue weighted by Crippen LogP contribution is -2.28. The number of benzene rings is 1. The van der Waals surface area contributed by atoms with E-state index >= 15 is 0 Å². The Morgan fingerprint density at radius 1 is 1.50 bits per heavy atom. The van der Waals surface area contributed by atoms with E-state index in [1.54, 1.807) is 18.2 Å². The van der Waals surface area contributed by atoms with Gasteiger partial charge in [0.2, 0.25) is 0 Å². The number of Topliss-reactive ketones (excluding diaryl/α,β-unsaturated/α-hetero) is 1. The molecule has 4 nitrogen and oxygen atoms in total. The Labute approximate surface area is 90.5 Å². The maximum Gasteiger partial charge on any atom is 0.362 e. The zero-order chi connectivity index (χ0) is 11.7. The molecule has 0 N–H and O–H groups in total. The van der Waals surface area contributed by atoms with Crippen LogP contribution in [0.15, 0.2) is 27.4 Å². The molecule has 1 heterocycles. The molecule has 0 unspecified atom stereocenters. The minimum Gasteiger partial charge on any atom is -0.419 e. The fraction of sp³-hybridized carbons (Fsp3) is 0.0833. The van der Waals surface area contributed by atoms with Gasteiger partial charge >= 0.3 is 5.63 Å². The van der Waals surface area contributed by atoms with Crippen LogP contribution in [0.3, 0.4) is 0 Å². The minimum absolute atomic E-state index is 0.0248. The Hall–Kier alpha value is -2.23. The number of rotatable bonds is 1. The van der Waals surface area contributed by atoms with E-state index in [9.17, 15) is 9.59 Å². The van der Waals surface area contributed by atoms with Crippen LogP contribution in [0.2, 0.25) is 0 Å². The van der Waals surface area contributed by atoms with Gasteiger partial charge in [-0.25, -0.2) is 9.78 Å². The first kappa shape index (κ1) is 10.3. The summed E-state index contributed by atoms with van der Waals surface area (Å²) in [4.78, 5) is 26.4. The predicted octanol–water partition coefficient (Wildman–Crippen LogP) is -0.0322. The van der Waals surface area contributed by atoms with Crippen LogP contribution in [0, 0.1) is 0 Å². The molecule has 2 rings (SSSR count). The second-order valence-corrected chi connectivity index (χ2v) is 3.44. The predicted molar refractivity (Wildman–Crippen MR) is 60.2 cm³/mol. The van der Waals surface area contributed by atoms with E-state index in [1.807, 2.05) is 0 Å². The SMILES string of the molecule is C=c1ccc2n/c(=C/C(C)=O)c(=O)oc2c1. The number of fused-ring (bicyclic) bond motifs is 1. The van der Waals surface area contributed by atoms with Gasteiger partial charge in [-0.2, -0.15) is 0 Å². The van der Waals surface area contributed by atoms with Crippen molar-refractivity contribution in [2.24, 2.45) is 0 Å². The van der Waals surface area contributed by atoms with Gasteiger partial charge in [-0.3, -0.25) is 4.79 Å². The van der Waals surface area contributed by atoms with Gasteiger partial charge in [-0.05, 0) is 24.3 Å². The maximum atomic E-state index is 11.4. The molecule has 0 radical (unpaired) electrons. The minimum atomic E-state index is -0.617. The molecular weight excluding hydrogens is 206 g/mol. The quantitative estimate of drug-likeness (QED) is 0.670. The Morgan fingerprint density at radius 3 is 2.94 bits per heavy atom. The van der Waals surface area contributed by atoms with Crippen LogP contribution < -0.4 is 16.2 Å². The first-order valence-electron chi connectivity index (χ1n) is 4.68. The summed E-state index contributed by atoms with van der Waals surface area (Å²) < 4.78 is 5.03. The van der Waals surface area contributed by atoms with Crippen molar-refractivity contribution in [2.75, 3.05) is 0 Å². The Morgan fingerprint density at radius 2 is 2.25 bits per heavy atom. The first-order valence-corrected chi connectivity index (χ1v) is 4.68. The fourth-order valence-corrected chi connectivity index (χ4v) is 1.34. The van der Waals surface area contributed by atoms with Crippen molar-refractivity contribution < 1.29 is 9.21 Å². The summed E-state index contributed by atoms with van der Waals surface area (Å²) >= 11 is 0. The molecule has 0 fully saturated rings. The normalized spacial score (nSPS) is 11.9. The van der Waals surface area contributed by atoms with E-state index in [-0.39, 0.29) is 11.1 Å². The molecule has 0 saturated heterocycles. The van der Waals surface area contributed by atoms with Gasteiger partial charge in [0.05, 0.1) is 0 Å². The monoisotopic (exact) mass is 215 g/mol. The molecule has 80 valence electrons. The van der Waals surface area contributed by atoms with E-state index in [4.69, 9.17) is 4.42 Å². The van der Waals surface area contributed by atoms with Crippen LogP contribution in [0.1, 0.15) is 6.92 Å². The van der Waals surface area contributed by atoms with Crippen molar-refractivity contribution in [3.05, 3.63) is 39.2 Å². The largest absolute Gasteiger partial charge is 0.419 e. The highest BCUT2D eigenvalue weighted by atomic mass is 16.4. The molecule has 0 atom stereocenters. The summed E-state index contributed by atoms with van der Waals surface area (Å²) in [6.45, 7) is 5.07. The first-order chi connectivity index (χ1) is 7.56. The summed E-state index contributed by atoms with van der Waals surface area (Å²) in [6.07, 6.45) is 1.16. The molecule has 4 heteroatoms. The smallest absolute Gasteiger partial charge is 0.362 e. The van der Waals surface area contributed by atoms with Gasteiger partial charge in [0.15, 0.2) is 16.7 Å². The number of aromatic nitrogens is 1.